The van der Waals surface area contributed by atoms with Gasteiger partial charge in [0.05, 0.1) is 13.5 Å². The van der Waals surface area contributed by atoms with Gasteiger partial charge in [0.1, 0.15) is 5.75 Å². The summed E-state index contributed by atoms with van der Waals surface area (Å²) in [7, 11) is 3.00. The van der Waals surface area contributed by atoms with E-state index in [0.29, 0.717) is 11.4 Å². The maximum atomic E-state index is 11.8. The number of benzene rings is 1. The highest BCUT2D eigenvalue weighted by atomic mass is 16.5. The third-order valence-corrected chi connectivity index (χ3v) is 2.56. The number of aliphatic carboxylic acids is 1. The lowest BCUT2D eigenvalue weighted by Crippen LogP contribution is -2.40. The third-order valence-electron chi connectivity index (χ3n) is 2.56. The van der Waals surface area contributed by atoms with Gasteiger partial charge in [0.15, 0.2) is 0 Å². The van der Waals surface area contributed by atoms with Crippen LogP contribution in [0.4, 0.5) is 10.5 Å². The van der Waals surface area contributed by atoms with Crippen LogP contribution in [0.25, 0.3) is 0 Å². The second kappa shape index (κ2) is 7.13. The molecule has 0 saturated carbocycles. The van der Waals surface area contributed by atoms with Gasteiger partial charge in [-0.25, -0.2) is 4.79 Å². The average molecular weight is 280 g/mol. The number of ether oxygens (including phenoxy) is 1. The summed E-state index contributed by atoms with van der Waals surface area (Å²) in [5.74, 6) is -1.14. The Labute approximate surface area is 116 Å². The van der Waals surface area contributed by atoms with Crippen LogP contribution in [0.3, 0.4) is 0 Å². The molecule has 0 heterocycles. The van der Waals surface area contributed by atoms with Crippen LogP contribution in [0.5, 0.6) is 5.75 Å². The number of carboxylic acids is 1. The van der Waals surface area contributed by atoms with Gasteiger partial charge >= 0.3 is 12.0 Å². The first-order chi connectivity index (χ1) is 9.43. The van der Waals surface area contributed by atoms with E-state index in [1.165, 1.54) is 19.1 Å². The van der Waals surface area contributed by atoms with Crippen LogP contribution in [0.15, 0.2) is 24.3 Å². The van der Waals surface area contributed by atoms with Crippen molar-refractivity contribution in [3.05, 3.63) is 24.3 Å². The SMILES string of the molecule is COc1cccc(N(C)C(=O)NC(=O)CCC(=O)O)c1. The van der Waals surface area contributed by atoms with Crippen molar-refractivity contribution in [3.63, 3.8) is 0 Å². The van der Waals surface area contributed by atoms with Gasteiger partial charge in [-0.1, -0.05) is 6.07 Å². The van der Waals surface area contributed by atoms with Gasteiger partial charge in [-0.15, -0.1) is 0 Å². The molecule has 0 saturated heterocycles. The quantitative estimate of drug-likeness (QED) is 0.845. The van der Waals surface area contributed by atoms with E-state index in [0.717, 1.165) is 0 Å². The summed E-state index contributed by atoms with van der Waals surface area (Å²) in [5.41, 5.74) is 0.549. The number of carbonyl (C=O) groups is 3. The number of rotatable bonds is 5. The molecule has 1 aromatic rings. The highest BCUT2D eigenvalue weighted by Gasteiger charge is 2.15. The van der Waals surface area contributed by atoms with Gasteiger partial charge in [-0.2, -0.15) is 0 Å². The summed E-state index contributed by atoms with van der Waals surface area (Å²) in [5, 5.41) is 10.6. The third kappa shape index (κ3) is 4.60. The molecule has 0 atom stereocenters. The fraction of sp³-hybridized carbons (Fsp3) is 0.308. The molecule has 0 unspecified atom stereocenters. The molecular weight excluding hydrogens is 264 g/mol. The fourth-order valence-electron chi connectivity index (χ4n) is 1.42. The molecule has 7 nitrogen and oxygen atoms in total. The predicted octanol–water partition coefficient (Wildman–Crippen LogP) is 1.23. The molecule has 0 bridgehead atoms. The minimum atomic E-state index is -1.09. The number of methoxy groups -OCH3 is 1. The van der Waals surface area contributed by atoms with Gasteiger partial charge in [-0.3, -0.25) is 19.8 Å². The van der Waals surface area contributed by atoms with Crippen molar-refractivity contribution < 1.29 is 24.2 Å². The van der Waals surface area contributed by atoms with Gasteiger partial charge in [0.2, 0.25) is 5.91 Å². The number of carboxylic acid groups (broad SMARTS) is 1. The molecule has 108 valence electrons. The first-order valence-corrected chi connectivity index (χ1v) is 5.87. The Bertz CT molecular complexity index is 515. The predicted molar refractivity (Wildman–Crippen MR) is 71.8 cm³/mol. The zero-order valence-electron chi connectivity index (χ0n) is 11.3. The number of anilines is 1. The van der Waals surface area contributed by atoms with E-state index in [9.17, 15) is 14.4 Å². The van der Waals surface area contributed by atoms with Gasteiger partial charge in [-0.05, 0) is 12.1 Å². The summed E-state index contributed by atoms with van der Waals surface area (Å²) in [6.07, 6.45) is -0.561. The largest absolute Gasteiger partial charge is 0.497 e. The topological polar surface area (TPSA) is 95.9 Å². The molecule has 0 aliphatic carbocycles. The van der Waals surface area contributed by atoms with Gasteiger partial charge < -0.3 is 9.84 Å². The normalized spacial score (nSPS) is 9.70. The van der Waals surface area contributed by atoms with Crippen molar-refractivity contribution in [2.45, 2.75) is 12.8 Å². The summed E-state index contributed by atoms with van der Waals surface area (Å²) >= 11 is 0. The Morgan fingerprint density at radius 3 is 2.60 bits per heavy atom. The zero-order chi connectivity index (χ0) is 15.1. The van der Waals surface area contributed by atoms with Crippen LogP contribution in [-0.4, -0.2) is 37.2 Å². The van der Waals surface area contributed by atoms with E-state index in [1.807, 2.05) is 0 Å². The van der Waals surface area contributed by atoms with Crippen molar-refractivity contribution in [2.24, 2.45) is 0 Å². The number of imide groups is 1. The first-order valence-electron chi connectivity index (χ1n) is 5.87. The van der Waals surface area contributed by atoms with Crippen molar-refractivity contribution >= 4 is 23.6 Å². The number of carbonyl (C=O) groups excluding carboxylic acids is 2. The molecule has 3 amide bonds. The summed E-state index contributed by atoms with van der Waals surface area (Å²) in [6, 6.07) is 6.14. The molecule has 0 radical (unpaired) electrons. The standard InChI is InChI=1S/C13H16N2O5/c1-15(9-4-3-5-10(8-9)20-2)13(19)14-11(16)6-7-12(17)18/h3-5,8H,6-7H2,1-2H3,(H,17,18)(H,14,16,19). The van der Waals surface area contributed by atoms with E-state index >= 15 is 0 Å². The van der Waals surface area contributed by atoms with Crippen molar-refractivity contribution in [1.82, 2.24) is 5.32 Å². The molecule has 0 fully saturated rings. The highest BCUT2D eigenvalue weighted by Crippen LogP contribution is 2.19. The first kappa shape index (κ1) is 15.5. The molecule has 0 aliphatic rings. The zero-order valence-corrected chi connectivity index (χ0v) is 11.3. The fourth-order valence-corrected chi connectivity index (χ4v) is 1.42. The van der Waals surface area contributed by atoms with Crippen molar-refractivity contribution in [3.8, 4) is 5.75 Å². The molecular formula is C13H16N2O5. The molecule has 20 heavy (non-hydrogen) atoms. The lowest BCUT2D eigenvalue weighted by Gasteiger charge is -2.18. The molecule has 2 N–H and O–H groups in total. The Hall–Kier alpha value is -2.57. The monoisotopic (exact) mass is 280 g/mol. The lowest BCUT2D eigenvalue weighted by molar-refractivity contribution is -0.138. The number of nitrogens with one attached hydrogen (secondary N) is 1. The van der Waals surface area contributed by atoms with E-state index in [1.54, 1.807) is 24.3 Å². The Balaban J connectivity index is 2.62. The summed E-state index contributed by atoms with van der Waals surface area (Å²) < 4.78 is 5.04. The minimum absolute atomic E-state index is 0.243. The minimum Gasteiger partial charge on any atom is -0.497 e. The second-order valence-electron chi connectivity index (χ2n) is 4.01. The highest BCUT2D eigenvalue weighted by molar-refractivity contribution is 6.02. The number of amides is 3. The Kier molecular flexibility index (Phi) is 5.52. The van der Waals surface area contributed by atoms with E-state index < -0.39 is 17.9 Å². The lowest BCUT2D eigenvalue weighted by atomic mass is 10.3. The molecule has 0 spiro atoms. The van der Waals surface area contributed by atoms with Crippen LogP contribution in [0.2, 0.25) is 0 Å². The van der Waals surface area contributed by atoms with Crippen LogP contribution in [0, 0.1) is 0 Å². The van der Waals surface area contributed by atoms with Crippen LogP contribution >= 0.6 is 0 Å². The van der Waals surface area contributed by atoms with E-state index in [4.69, 9.17) is 9.84 Å². The van der Waals surface area contributed by atoms with E-state index in [-0.39, 0.29) is 12.8 Å². The van der Waals surface area contributed by atoms with E-state index in [2.05, 4.69) is 5.32 Å². The second-order valence-corrected chi connectivity index (χ2v) is 4.01. The van der Waals surface area contributed by atoms with Crippen molar-refractivity contribution in [1.29, 1.82) is 0 Å². The van der Waals surface area contributed by atoms with Crippen molar-refractivity contribution in [2.75, 3.05) is 19.1 Å². The number of urea groups is 1. The number of nitrogens with zero attached hydrogens (tertiary/aromatic N) is 1. The van der Waals surface area contributed by atoms with Gasteiger partial charge in [0.25, 0.3) is 0 Å². The smallest absolute Gasteiger partial charge is 0.328 e. The molecule has 1 aromatic carbocycles. The number of hydrogen-bond donors (Lipinski definition) is 2. The van der Waals surface area contributed by atoms with Crippen LogP contribution < -0.4 is 15.0 Å². The van der Waals surface area contributed by atoms with Crippen LogP contribution in [0.1, 0.15) is 12.8 Å². The number of hydrogen-bond acceptors (Lipinski definition) is 4. The maximum Gasteiger partial charge on any atom is 0.328 e. The maximum absolute atomic E-state index is 11.8. The average Bonchev–Trinajstić information content (AvgIpc) is 2.44. The molecule has 0 aliphatic heterocycles. The Morgan fingerprint density at radius 2 is 2.00 bits per heavy atom. The van der Waals surface area contributed by atoms with Crippen LogP contribution in [-0.2, 0) is 9.59 Å². The van der Waals surface area contributed by atoms with Gasteiger partial charge in [0, 0.05) is 25.2 Å². The Morgan fingerprint density at radius 1 is 1.30 bits per heavy atom. The summed E-state index contributed by atoms with van der Waals surface area (Å²) in [6.45, 7) is 0. The summed E-state index contributed by atoms with van der Waals surface area (Å²) in [4.78, 5) is 34.7. The molecule has 1 rings (SSSR count). The molecule has 7 heteroatoms. The molecule has 0 aromatic heterocycles.